The van der Waals surface area contributed by atoms with Crippen LogP contribution in [0.3, 0.4) is 0 Å². The van der Waals surface area contributed by atoms with Gasteiger partial charge in [0, 0.05) is 0 Å². The van der Waals surface area contributed by atoms with E-state index in [0.717, 1.165) is 3.93 Å². The van der Waals surface area contributed by atoms with Crippen molar-refractivity contribution < 1.29 is 0 Å². The van der Waals surface area contributed by atoms with E-state index in [1.165, 1.54) is 19.3 Å². The Morgan fingerprint density at radius 3 is 2.30 bits per heavy atom. The van der Waals surface area contributed by atoms with Crippen LogP contribution in [0.15, 0.2) is 12.2 Å². The quantitative estimate of drug-likeness (QED) is 0.490. The second-order valence-corrected chi connectivity index (χ2v) is 20.0. The molecule has 1 heteroatoms. The van der Waals surface area contributed by atoms with E-state index in [1.807, 2.05) is 0 Å². The molecule has 1 aliphatic rings. The summed E-state index contributed by atoms with van der Waals surface area (Å²) >= 11 is -1.52. The molecule has 0 saturated heterocycles. The van der Waals surface area contributed by atoms with E-state index in [0.29, 0.717) is 0 Å². The fraction of sp³-hybridized carbons (Fsp3) is 0.778. The number of rotatable bonds is 1. The van der Waals surface area contributed by atoms with Gasteiger partial charge in [0.15, 0.2) is 0 Å². The van der Waals surface area contributed by atoms with Crippen LogP contribution in [0, 0.1) is 0 Å². The Labute approximate surface area is 68.6 Å². The van der Waals surface area contributed by atoms with Gasteiger partial charge in [0.05, 0.1) is 0 Å². The number of hydrogen-bond acceptors (Lipinski definition) is 0. The SMILES string of the molecule is [CH3][Sn]([CH3])([CH3])[C@H]1C=CCCC1. The third-order valence-corrected chi connectivity index (χ3v) is 10.1. The van der Waals surface area contributed by atoms with E-state index in [9.17, 15) is 0 Å². The molecule has 0 heterocycles. The van der Waals surface area contributed by atoms with Crippen molar-refractivity contribution >= 4 is 18.4 Å². The van der Waals surface area contributed by atoms with Crippen LogP contribution in [0.1, 0.15) is 19.3 Å². The molecule has 0 N–H and O–H groups in total. The van der Waals surface area contributed by atoms with E-state index < -0.39 is 18.4 Å². The van der Waals surface area contributed by atoms with Gasteiger partial charge in [0.25, 0.3) is 0 Å². The maximum atomic E-state index is 2.54. The molecule has 0 bridgehead atoms. The first kappa shape index (κ1) is 8.63. The predicted octanol–water partition coefficient (Wildman–Crippen LogP) is 3.43. The normalized spacial score (nSPS) is 26.9. The average Bonchev–Trinajstić information content (AvgIpc) is 1.88. The van der Waals surface area contributed by atoms with Gasteiger partial charge >= 0.3 is 68.5 Å². The predicted molar refractivity (Wildman–Crippen MR) is 50.1 cm³/mol. The molecule has 0 aromatic heterocycles. The molecular formula is C9H18Sn. The van der Waals surface area contributed by atoms with Crippen molar-refractivity contribution in [3.8, 4) is 0 Å². The molecule has 1 aliphatic carbocycles. The van der Waals surface area contributed by atoms with E-state index >= 15 is 0 Å². The van der Waals surface area contributed by atoms with Gasteiger partial charge in [-0.05, 0) is 0 Å². The molecule has 58 valence electrons. The summed E-state index contributed by atoms with van der Waals surface area (Å²) in [6, 6.07) is 0. The van der Waals surface area contributed by atoms with E-state index in [1.54, 1.807) is 0 Å². The fourth-order valence-electron chi connectivity index (χ4n) is 1.53. The molecule has 0 amide bonds. The van der Waals surface area contributed by atoms with Gasteiger partial charge in [-0.1, -0.05) is 0 Å². The van der Waals surface area contributed by atoms with Crippen LogP contribution in [0.25, 0.3) is 0 Å². The van der Waals surface area contributed by atoms with E-state index in [2.05, 4.69) is 27.0 Å². The van der Waals surface area contributed by atoms with Crippen molar-refractivity contribution in [2.45, 2.75) is 38.0 Å². The van der Waals surface area contributed by atoms with Gasteiger partial charge in [0.2, 0.25) is 0 Å². The molecule has 0 nitrogen and oxygen atoms in total. The van der Waals surface area contributed by atoms with Crippen molar-refractivity contribution in [1.29, 1.82) is 0 Å². The Balaban J connectivity index is 2.55. The van der Waals surface area contributed by atoms with Crippen molar-refractivity contribution in [3.63, 3.8) is 0 Å². The van der Waals surface area contributed by atoms with Crippen LogP contribution in [-0.4, -0.2) is 18.4 Å². The van der Waals surface area contributed by atoms with Gasteiger partial charge in [-0.15, -0.1) is 0 Å². The zero-order chi connectivity index (χ0) is 7.61. The number of hydrogen-bond donors (Lipinski definition) is 0. The van der Waals surface area contributed by atoms with Crippen LogP contribution in [0.5, 0.6) is 0 Å². The third kappa shape index (κ3) is 2.30. The maximum absolute atomic E-state index is 2.54. The second-order valence-electron chi connectivity index (χ2n) is 4.33. The minimum atomic E-state index is -1.52. The average molecular weight is 245 g/mol. The molecule has 0 aliphatic heterocycles. The first-order valence-corrected chi connectivity index (χ1v) is 14.5. The van der Waals surface area contributed by atoms with Crippen LogP contribution in [-0.2, 0) is 0 Å². The zero-order valence-corrected chi connectivity index (χ0v) is 10.2. The zero-order valence-electron chi connectivity index (χ0n) is 7.35. The van der Waals surface area contributed by atoms with Crippen molar-refractivity contribution in [2.24, 2.45) is 0 Å². The Bertz CT molecular complexity index is 130. The van der Waals surface area contributed by atoms with Crippen molar-refractivity contribution in [3.05, 3.63) is 12.2 Å². The molecule has 0 saturated carbocycles. The van der Waals surface area contributed by atoms with E-state index in [4.69, 9.17) is 0 Å². The third-order valence-electron chi connectivity index (χ3n) is 2.37. The Kier molecular flexibility index (Phi) is 2.84. The minimum absolute atomic E-state index is 1.03. The van der Waals surface area contributed by atoms with Crippen LogP contribution >= 0.6 is 0 Å². The molecule has 0 unspecified atom stereocenters. The van der Waals surface area contributed by atoms with E-state index in [-0.39, 0.29) is 0 Å². The summed E-state index contributed by atoms with van der Waals surface area (Å²) in [5, 5.41) is 0. The molecule has 1 atom stereocenters. The van der Waals surface area contributed by atoms with Gasteiger partial charge in [-0.3, -0.25) is 0 Å². The van der Waals surface area contributed by atoms with Crippen molar-refractivity contribution in [1.82, 2.24) is 0 Å². The molecule has 0 aromatic rings. The van der Waals surface area contributed by atoms with Gasteiger partial charge in [-0.2, -0.15) is 0 Å². The first-order chi connectivity index (χ1) is 4.61. The summed E-state index contributed by atoms with van der Waals surface area (Å²) in [5.74, 6) is 0. The molecule has 10 heavy (non-hydrogen) atoms. The summed E-state index contributed by atoms with van der Waals surface area (Å²) in [4.78, 5) is 7.61. The van der Waals surface area contributed by atoms with Crippen LogP contribution < -0.4 is 0 Å². The molecule has 0 radical (unpaired) electrons. The topological polar surface area (TPSA) is 0 Å². The van der Waals surface area contributed by atoms with Crippen LogP contribution in [0.4, 0.5) is 0 Å². The molecule has 0 fully saturated rings. The first-order valence-electron chi connectivity index (χ1n) is 4.27. The monoisotopic (exact) mass is 246 g/mol. The van der Waals surface area contributed by atoms with Gasteiger partial charge in [0.1, 0.15) is 0 Å². The number of allylic oxidation sites excluding steroid dienone is 2. The molecule has 0 aromatic carbocycles. The van der Waals surface area contributed by atoms with Gasteiger partial charge < -0.3 is 0 Å². The van der Waals surface area contributed by atoms with Gasteiger partial charge in [-0.25, -0.2) is 0 Å². The molecule has 0 spiro atoms. The summed E-state index contributed by atoms with van der Waals surface area (Å²) < 4.78 is 1.03. The Morgan fingerprint density at radius 1 is 1.30 bits per heavy atom. The Morgan fingerprint density at radius 2 is 2.00 bits per heavy atom. The fourth-order valence-corrected chi connectivity index (χ4v) is 6.62. The summed E-state index contributed by atoms with van der Waals surface area (Å²) in [6.07, 6.45) is 9.12. The summed E-state index contributed by atoms with van der Waals surface area (Å²) in [5.41, 5.74) is 0. The second kappa shape index (κ2) is 3.29. The standard InChI is InChI=1S/C6H9.3CH3.Sn/c1-2-4-6-5-3-1;;;;/h1-3H,4-6H2;3*1H3;. The Hall–Kier alpha value is 0.539. The van der Waals surface area contributed by atoms with Crippen molar-refractivity contribution in [2.75, 3.05) is 0 Å². The summed E-state index contributed by atoms with van der Waals surface area (Å²) in [7, 11) is 0. The van der Waals surface area contributed by atoms with Crippen LogP contribution in [0.2, 0.25) is 18.8 Å². The molecular weight excluding hydrogens is 227 g/mol. The molecule has 1 rings (SSSR count). The summed E-state index contributed by atoms with van der Waals surface area (Å²) in [6.45, 7) is 0.